The second-order valence-electron chi connectivity index (χ2n) is 3.83. The summed E-state index contributed by atoms with van der Waals surface area (Å²) in [6, 6.07) is 4.82. The number of carboxylic acids is 2. The molecule has 0 aliphatic heterocycles. The molecule has 0 aliphatic carbocycles. The summed E-state index contributed by atoms with van der Waals surface area (Å²) in [4.78, 5) is 21.2. The van der Waals surface area contributed by atoms with Crippen LogP contribution in [0.2, 0.25) is 0 Å². The van der Waals surface area contributed by atoms with Crippen molar-refractivity contribution in [2.75, 3.05) is 0 Å². The predicted octanol–water partition coefficient (Wildman–Crippen LogP) is 1.23. The summed E-state index contributed by atoms with van der Waals surface area (Å²) in [7, 11) is 0. The van der Waals surface area contributed by atoms with Crippen LogP contribution in [0.25, 0.3) is 0 Å². The molecule has 1 aromatic rings. The normalized spacial score (nSPS) is 12.1. The third-order valence-electron chi connectivity index (χ3n) is 2.39. The number of aliphatic carboxylic acids is 2. The van der Waals surface area contributed by atoms with E-state index in [1.165, 1.54) is 18.2 Å². The molecule has 6 heteroatoms. The van der Waals surface area contributed by atoms with Crippen LogP contribution < -0.4 is 5.32 Å². The number of carbonyl (C=O) groups is 2. The lowest BCUT2D eigenvalue weighted by Gasteiger charge is -2.13. The molecule has 0 heterocycles. The first kappa shape index (κ1) is 14.1. The Labute approximate surface area is 103 Å². The Morgan fingerprint density at radius 2 is 2.06 bits per heavy atom. The molecule has 0 saturated heterocycles. The molecular weight excluding hydrogens is 241 g/mol. The Balaban J connectivity index is 2.51. The average molecular weight is 255 g/mol. The van der Waals surface area contributed by atoms with Crippen LogP contribution in [-0.4, -0.2) is 28.2 Å². The van der Waals surface area contributed by atoms with E-state index in [2.05, 4.69) is 5.32 Å². The van der Waals surface area contributed by atoms with Crippen LogP contribution in [-0.2, 0) is 16.1 Å². The van der Waals surface area contributed by atoms with E-state index in [9.17, 15) is 14.0 Å². The highest BCUT2D eigenvalue weighted by molar-refractivity contribution is 5.75. The molecule has 5 nitrogen and oxygen atoms in total. The van der Waals surface area contributed by atoms with Crippen molar-refractivity contribution in [3.63, 3.8) is 0 Å². The van der Waals surface area contributed by atoms with Crippen LogP contribution in [0.4, 0.5) is 4.39 Å². The maximum Gasteiger partial charge on any atom is 0.320 e. The van der Waals surface area contributed by atoms with Gasteiger partial charge in [0.25, 0.3) is 0 Å². The minimum atomic E-state index is -1.12. The van der Waals surface area contributed by atoms with Gasteiger partial charge in [0, 0.05) is 13.0 Å². The van der Waals surface area contributed by atoms with Crippen molar-refractivity contribution in [3.05, 3.63) is 35.6 Å². The molecule has 98 valence electrons. The number of halogens is 1. The monoisotopic (exact) mass is 255 g/mol. The molecule has 0 aromatic heterocycles. The minimum Gasteiger partial charge on any atom is -0.481 e. The maximum absolute atomic E-state index is 12.9. The van der Waals surface area contributed by atoms with Gasteiger partial charge in [0.1, 0.15) is 11.9 Å². The van der Waals surface area contributed by atoms with Crippen molar-refractivity contribution in [1.82, 2.24) is 5.32 Å². The number of nitrogens with one attached hydrogen (secondary N) is 1. The van der Waals surface area contributed by atoms with Crippen LogP contribution in [0.1, 0.15) is 18.4 Å². The van der Waals surface area contributed by atoms with E-state index in [0.29, 0.717) is 5.56 Å². The zero-order valence-corrected chi connectivity index (χ0v) is 9.60. The first-order chi connectivity index (χ1) is 8.49. The predicted molar refractivity (Wildman–Crippen MR) is 61.5 cm³/mol. The Hall–Kier alpha value is -1.95. The smallest absolute Gasteiger partial charge is 0.320 e. The molecule has 18 heavy (non-hydrogen) atoms. The van der Waals surface area contributed by atoms with Crippen molar-refractivity contribution >= 4 is 11.9 Å². The Morgan fingerprint density at radius 1 is 1.33 bits per heavy atom. The molecule has 0 aliphatic rings. The Bertz CT molecular complexity index is 436. The van der Waals surface area contributed by atoms with Crippen molar-refractivity contribution in [1.29, 1.82) is 0 Å². The summed E-state index contributed by atoms with van der Waals surface area (Å²) in [6.45, 7) is 0.175. The highest BCUT2D eigenvalue weighted by Gasteiger charge is 2.17. The van der Waals surface area contributed by atoms with E-state index in [4.69, 9.17) is 10.2 Å². The topological polar surface area (TPSA) is 86.6 Å². The van der Waals surface area contributed by atoms with Crippen molar-refractivity contribution in [2.24, 2.45) is 0 Å². The largest absolute Gasteiger partial charge is 0.481 e. The lowest BCUT2D eigenvalue weighted by atomic mass is 10.1. The van der Waals surface area contributed by atoms with Gasteiger partial charge in [-0.2, -0.15) is 0 Å². The standard InChI is InChI=1S/C12H14FNO4/c13-9-3-1-2-8(6-9)7-14-10(12(17)18)4-5-11(15)16/h1-3,6,10,14H,4-5,7H2,(H,15,16)(H,17,18). The summed E-state index contributed by atoms with van der Waals surface area (Å²) < 4.78 is 12.9. The molecule has 1 aromatic carbocycles. The van der Waals surface area contributed by atoms with Crippen molar-refractivity contribution in [2.45, 2.75) is 25.4 Å². The fourth-order valence-electron chi connectivity index (χ4n) is 1.47. The van der Waals surface area contributed by atoms with Crippen LogP contribution in [0.3, 0.4) is 0 Å². The third kappa shape index (κ3) is 4.92. The van der Waals surface area contributed by atoms with Gasteiger partial charge in [-0.15, -0.1) is 0 Å². The summed E-state index contributed by atoms with van der Waals surface area (Å²) in [5.41, 5.74) is 0.608. The highest BCUT2D eigenvalue weighted by atomic mass is 19.1. The first-order valence-corrected chi connectivity index (χ1v) is 5.41. The molecular formula is C12H14FNO4. The summed E-state index contributed by atoms with van der Waals surface area (Å²) in [6.07, 6.45) is -0.243. The zero-order chi connectivity index (χ0) is 13.5. The van der Waals surface area contributed by atoms with E-state index in [0.717, 1.165) is 0 Å². The van der Waals surface area contributed by atoms with E-state index in [1.807, 2.05) is 0 Å². The number of benzene rings is 1. The van der Waals surface area contributed by atoms with E-state index in [1.54, 1.807) is 6.07 Å². The van der Waals surface area contributed by atoms with Crippen LogP contribution in [0.5, 0.6) is 0 Å². The molecule has 0 radical (unpaired) electrons. The highest BCUT2D eigenvalue weighted by Crippen LogP contribution is 2.05. The lowest BCUT2D eigenvalue weighted by Crippen LogP contribution is -2.36. The van der Waals surface area contributed by atoms with Gasteiger partial charge in [-0.05, 0) is 24.1 Å². The number of hydrogen-bond donors (Lipinski definition) is 3. The second kappa shape index (κ2) is 6.70. The number of hydrogen-bond acceptors (Lipinski definition) is 3. The average Bonchev–Trinajstić information content (AvgIpc) is 2.28. The quantitative estimate of drug-likeness (QED) is 0.682. The molecule has 3 N–H and O–H groups in total. The maximum atomic E-state index is 12.9. The molecule has 1 atom stereocenters. The Kier molecular flexibility index (Phi) is 5.26. The number of rotatable bonds is 7. The van der Waals surface area contributed by atoms with Crippen molar-refractivity contribution in [3.8, 4) is 0 Å². The van der Waals surface area contributed by atoms with Gasteiger partial charge >= 0.3 is 11.9 Å². The third-order valence-corrected chi connectivity index (χ3v) is 2.39. The van der Waals surface area contributed by atoms with Gasteiger partial charge in [0.15, 0.2) is 0 Å². The summed E-state index contributed by atoms with van der Waals surface area (Å²) in [5, 5.41) is 20.1. The van der Waals surface area contributed by atoms with Crippen LogP contribution in [0.15, 0.2) is 24.3 Å². The lowest BCUT2D eigenvalue weighted by molar-refractivity contribution is -0.140. The van der Waals surface area contributed by atoms with Gasteiger partial charge < -0.3 is 15.5 Å². The Morgan fingerprint density at radius 3 is 2.61 bits per heavy atom. The fraction of sp³-hybridized carbons (Fsp3) is 0.333. The van der Waals surface area contributed by atoms with Gasteiger partial charge in [-0.1, -0.05) is 12.1 Å². The minimum absolute atomic E-state index is 0.0139. The zero-order valence-electron chi connectivity index (χ0n) is 9.60. The van der Waals surface area contributed by atoms with Crippen LogP contribution in [0, 0.1) is 5.82 Å². The molecule has 1 unspecified atom stereocenters. The van der Waals surface area contributed by atoms with Gasteiger partial charge in [0.05, 0.1) is 0 Å². The number of carboxylic acid groups (broad SMARTS) is 2. The van der Waals surface area contributed by atoms with Gasteiger partial charge in [-0.3, -0.25) is 9.59 Å². The SMILES string of the molecule is O=C(O)CCC(NCc1cccc(F)c1)C(=O)O. The van der Waals surface area contributed by atoms with E-state index < -0.39 is 23.8 Å². The van der Waals surface area contributed by atoms with Gasteiger partial charge in [0.2, 0.25) is 0 Å². The summed E-state index contributed by atoms with van der Waals surface area (Å²) in [5.74, 6) is -2.56. The van der Waals surface area contributed by atoms with E-state index >= 15 is 0 Å². The van der Waals surface area contributed by atoms with Crippen molar-refractivity contribution < 1.29 is 24.2 Å². The molecule has 0 bridgehead atoms. The molecule has 0 spiro atoms. The molecule has 0 saturated carbocycles. The van der Waals surface area contributed by atoms with Gasteiger partial charge in [-0.25, -0.2) is 4.39 Å². The molecule has 0 amide bonds. The summed E-state index contributed by atoms with van der Waals surface area (Å²) >= 11 is 0. The van der Waals surface area contributed by atoms with E-state index in [-0.39, 0.29) is 19.4 Å². The van der Waals surface area contributed by atoms with Crippen LogP contribution >= 0.6 is 0 Å². The molecule has 0 fully saturated rings. The molecule has 1 rings (SSSR count). The first-order valence-electron chi connectivity index (χ1n) is 5.41. The second-order valence-corrected chi connectivity index (χ2v) is 3.83. The fourth-order valence-corrected chi connectivity index (χ4v) is 1.47.